The van der Waals surface area contributed by atoms with Gasteiger partial charge in [-0.25, -0.2) is 15.1 Å². The molecule has 0 aliphatic rings. The predicted molar refractivity (Wildman–Crippen MR) is 128 cm³/mol. The second kappa shape index (κ2) is 8.25. The molecule has 0 amide bonds. The van der Waals surface area contributed by atoms with Crippen LogP contribution in [-0.2, 0) is 6.61 Å². The number of hydrogen-bond acceptors (Lipinski definition) is 7. The maximum Gasteiger partial charge on any atom is 0.267 e. The van der Waals surface area contributed by atoms with Gasteiger partial charge in [-0.2, -0.15) is 0 Å². The van der Waals surface area contributed by atoms with Crippen LogP contribution in [-0.4, -0.2) is 30.6 Å². The number of aromatic amines is 1. The number of rotatable bonds is 6. The summed E-state index contributed by atoms with van der Waals surface area (Å²) in [7, 11) is 0. The highest BCUT2D eigenvalue weighted by Gasteiger charge is 2.13. The molecule has 3 aromatic carbocycles. The van der Waals surface area contributed by atoms with Gasteiger partial charge in [0.2, 0.25) is 5.82 Å². The number of H-pyrrole nitrogens is 1. The van der Waals surface area contributed by atoms with E-state index in [2.05, 4.69) is 43.2 Å². The largest absolute Gasteiger partial charge is 0.487 e. The maximum absolute atomic E-state index is 6.03. The van der Waals surface area contributed by atoms with Crippen molar-refractivity contribution in [3.63, 3.8) is 0 Å². The summed E-state index contributed by atoms with van der Waals surface area (Å²) in [5.41, 5.74) is 5.89. The van der Waals surface area contributed by atoms with Gasteiger partial charge >= 0.3 is 0 Å². The first-order valence-electron chi connectivity index (χ1n) is 10.6. The van der Waals surface area contributed by atoms with Crippen LogP contribution >= 0.6 is 0 Å². The fourth-order valence-electron chi connectivity index (χ4n) is 3.75. The van der Waals surface area contributed by atoms with E-state index >= 15 is 0 Å². The van der Waals surface area contributed by atoms with Crippen molar-refractivity contribution < 1.29 is 9.15 Å². The summed E-state index contributed by atoms with van der Waals surface area (Å²) < 4.78 is 11.8. The zero-order chi connectivity index (χ0) is 22.9. The Bertz CT molecular complexity index is 1640. The molecule has 1 N–H and O–H groups in total. The zero-order valence-electron chi connectivity index (χ0n) is 18.0. The number of para-hydroxylation sites is 1. The van der Waals surface area contributed by atoms with Gasteiger partial charge in [0.25, 0.3) is 5.89 Å². The lowest BCUT2D eigenvalue weighted by molar-refractivity contribution is 0.301. The second-order valence-electron chi connectivity index (χ2n) is 7.74. The highest BCUT2D eigenvalue weighted by Crippen LogP contribution is 2.29. The van der Waals surface area contributed by atoms with Crippen molar-refractivity contribution in [2.45, 2.75) is 6.61 Å². The van der Waals surface area contributed by atoms with Gasteiger partial charge in [0.05, 0.1) is 11.2 Å². The van der Waals surface area contributed by atoms with Crippen LogP contribution in [0.2, 0.25) is 0 Å². The standard InChI is InChI=1S/C26H18N6O2/c1-16(19-10-12-24-23(14-19)28-26(34-24)25-29-31-32-30-25)18-6-4-7-21(13-18)33-15-20-11-9-17-5-2-3-8-22(17)27-20/h2-14H,1,15H2,(H,29,30,31,32). The van der Waals surface area contributed by atoms with E-state index < -0.39 is 0 Å². The van der Waals surface area contributed by atoms with Crippen molar-refractivity contribution in [1.82, 2.24) is 30.6 Å². The van der Waals surface area contributed by atoms with Crippen molar-refractivity contribution in [2.24, 2.45) is 0 Å². The molecular weight excluding hydrogens is 428 g/mol. The van der Waals surface area contributed by atoms with E-state index in [4.69, 9.17) is 9.15 Å². The number of tetrazole rings is 1. The number of benzene rings is 3. The van der Waals surface area contributed by atoms with Crippen LogP contribution in [0.25, 0.3) is 39.3 Å². The number of fused-ring (bicyclic) bond motifs is 2. The quantitative estimate of drug-likeness (QED) is 0.375. The Morgan fingerprint density at radius 2 is 1.79 bits per heavy atom. The van der Waals surface area contributed by atoms with E-state index in [0.29, 0.717) is 29.4 Å². The summed E-state index contributed by atoms with van der Waals surface area (Å²) in [6.07, 6.45) is 0. The van der Waals surface area contributed by atoms with Gasteiger partial charge in [-0.05, 0) is 63.5 Å². The van der Waals surface area contributed by atoms with Crippen LogP contribution in [0.15, 0.2) is 89.9 Å². The molecule has 34 heavy (non-hydrogen) atoms. The van der Waals surface area contributed by atoms with E-state index in [1.165, 1.54) is 0 Å². The Balaban J connectivity index is 1.21. The third-order valence-corrected chi connectivity index (χ3v) is 5.51. The van der Waals surface area contributed by atoms with Gasteiger partial charge in [0.15, 0.2) is 5.58 Å². The number of nitrogens with one attached hydrogen (secondary N) is 1. The first kappa shape index (κ1) is 19.8. The summed E-state index contributed by atoms with van der Waals surface area (Å²) in [6, 6.07) is 25.7. The smallest absolute Gasteiger partial charge is 0.267 e. The number of aromatic nitrogens is 6. The Hall–Kier alpha value is -4.85. The summed E-state index contributed by atoms with van der Waals surface area (Å²) in [6.45, 7) is 4.67. The molecule has 0 fully saturated rings. The Labute approximate surface area is 193 Å². The van der Waals surface area contributed by atoms with Crippen LogP contribution < -0.4 is 4.74 Å². The summed E-state index contributed by atoms with van der Waals surface area (Å²) in [5.74, 6) is 1.46. The molecule has 0 aliphatic heterocycles. The summed E-state index contributed by atoms with van der Waals surface area (Å²) >= 11 is 0. The monoisotopic (exact) mass is 446 g/mol. The molecule has 0 atom stereocenters. The molecule has 0 saturated heterocycles. The third-order valence-electron chi connectivity index (χ3n) is 5.51. The minimum absolute atomic E-state index is 0.334. The number of oxazole rings is 1. The molecule has 3 aromatic heterocycles. The molecule has 3 heterocycles. The molecule has 0 spiro atoms. The lowest BCUT2D eigenvalue weighted by Crippen LogP contribution is -1.99. The SMILES string of the molecule is C=C(c1cccc(OCc2ccc3ccccc3n2)c1)c1ccc2oc(-c3nnn[nH]3)nc2c1. The van der Waals surface area contributed by atoms with E-state index in [0.717, 1.165) is 39.0 Å². The van der Waals surface area contributed by atoms with Gasteiger partial charge in [-0.15, -0.1) is 5.10 Å². The highest BCUT2D eigenvalue weighted by molar-refractivity contribution is 5.85. The van der Waals surface area contributed by atoms with Crippen LogP contribution in [0, 0.1) is 0 Å². The maximum atomic E-state index is 6.03. The number of nitrogens with zero attached hydrogens (tertiary/aromatic N) is 5. The molecule has 8 heteroatoms. The van der Waals surface area contributed by atoms with Crippen molar-refractivity contribution in [2.75, 3.05) is 0 Å². The fraction of sp³-hybridized carbons (Fsp3) is 0.0385. The molecule has 6 rings (SSSR count). The summed E-state index contributed by atoms with van der Waals surface area (Å²) in [5, 5.41) is 14.7. The molecule has 0 saturated carbocycles. The Morgan fingerprint density at radius 1 is 0.882 bits per heavy atom. The van der Waals surface area contributed by atoms with Crippen molar-refractivity contribution in [3.05, 3.63) is 102 Å². The van der Waals surface area contributed by atoms with Crippen LogP contribution in [0.5, 0.6) is 5.75 Å². The normalized spacial score (nSPS) is 11.2. The average molecular weight is 446 g/mol. The minimum atomic E-state index is 0.334. The van der Waals surface area contributed by atoms with Crippen molar-refractivity contribution in [3.8, 4) is 17.5 Å². The molecule has 0 radical (unpaired) electrons. The molecule has 0 aliphatic carbocycles. The van der Waals surface area contributed by atoms with Gasteiger partial charge in [-0.1, -0.05) is 49.0 Å². The topological polar surface area (TPSA) is 103 Å². The van der Waals surface area contributed by atoms with E-state index in [1.54, 1.807) is 0 Å². The average Bonchev–Trinajstić information content (AvgIpc) is 3.57. The highest BCUT2D eigenvalue weighted by atomic mass is 16.5. The molecule has 6 aromatic rings. The van der Waals surface area contributed by atoms with Crippen molar-refractivity contribution in [1.29, 1.82) is 0 Å². The van der Waals surface area contributed by atoms with E-state index in [1.807, 2.05) is 72.8 Å². The molecule has 0 unspecified atom stereocenters. The Kier molecular flexibility index (Phi) is 4.81. The molecule has 8 nitrogen and oxygen atoms in total. The van der Waals surface area contributed by atoms with Gasteiger partial charge in [0, 0.05) is 5.39 Å². The predicted octanol–water partition coefficient (Wildman–Crippen LogP) is 5.20. The van der Waals surface area contributed by atoms with E-state index in [9.17, 15) is 0 Å². The molecular formula is C26H18N6O2. The van der Waals surface area contributed by atoms with Crippen molar-refractivity contribution >= 4 is 27.6 Å². The molecule has 0 bridgehead atoms. The summed E-state index contributed by atoms with van der Waals surface area (Å²) in [4.78, 5) is 9.15. The molecule has 164 valence electrons. The third kappa shape index (κ3) is 3.77. The van der Waals surface area contributed by atoms with Gasteiger partial charge in [0.1, 0.15) is 17.9 Å². The first-order chi connectivity index (χ1) is 16.7. The van der Waals surface area contributed by atoms with Crippen LogP contribution in [0.3, 0.4) is 0 Å². The lowest BCUT2D eigenvalue weighted by atomic mass is 9.99. The second-order valence-corrected chi connectivity index (χ2v) is 7.74. The number of ether oxygens (including phenoxy) is 1. The zero-order valence-corrected chi connectivity index (χ0v) is 18.0. The fourth-order valence-corrected chi connectivity index (χ4v) is 3.75. The Morgan fingerprint density at radius 3 is 2.71 bits per heavy atom. The van der Waals surface area contributed by atoms with Gasteiger partial charge < -0.3 is 9.15 Å². The van der Waals surface area contributed by atoms with Crippen LogP contribution in [0.4, 0.5) is 0 Å². The van der Waals surface area contributed by atoms with Gasteiger partial charge in [-0.3, -0.25) is 0 Å². The first-order valence-corrected chi connectivity index (χ1v) is 10.6. The number of pyridine rings is 1. The minimum Gasteiger partial charge on any atom is -0.487 e. The number of hydrogen-bond donors (Lipinski definition) is 1. The van der Waals surface area contributed by atoms with Crippen LogP contribution in [0.1, 0.15) is 16.8 Å². The van der Waals surface area contributed by atoms with E-state index in [-0.39, 0.29) is 0 Å². The lowest BCUT2D eigenvalue weighted by Gasteiger charge is -2.10.